The van der Waals surface area contributed by atoms with Gasteiger partial charge in [-0.3, -0.25) is 0 Å². The zero-order valence-corrected chi connectivity index (χ0v) is 9.28. The highest BCUT2D eigenvalue weighted by molar-refractivity contribution is 5.94. The van der Waals surface area contributed by atoms with E-state index in [4.69, 9.17) is 10.00 Å². The van der Waals surface area contributed by atoms with Crippen LogP contribution in [0.15, 0.2) is 12.1 Å². The van der Waals surface area contributed by atoms with Gasteiger partial charge >= 0.3 is 5.97 Å². The maximum atomic E-state index is 11.6. The number of aromatic hydroxyl groups is 1. The minimum Gasteiger partial charge on any atom is -0.507 e. The fraction of sp³-hybridized carbons (Fsp3) is 0.333. The van der Waals surface area contributed by atoms with Crippen molar-refractivity contribution in [3.8, 4) is 11.8 Å². The van der Waals surface area contributed by atoms with Crippen LogP contribution in [0.3, 0.4) is 0 Å². The van der Waals surface area contributed by atoms with Crippen molar-refractivity contribution in [3.05, 3.63) is 28.8 Å². The quantitative estimate of drug-likeness (QED) is 0.789. The molecular formula is C12H13NO3. The van der Waals surface area contributed by atoms with Crippen LogP contribution in [0.1, 0.15) is 35.3 Å². The van der Waals surface area contributed by atoms with Gasteiger partial charge in [0.1, 0.15) is 11.3 Å². The van der Waals surface area contributed by atoms with E-state index in [2.05, 4.69) is 0 Å². The summed E-state index contributed by atoms with van der Waals surface area (Å²) in [5, 5.41) is 18.5. The van der Waals surface area contributed by atoms with Gasteiger partial charge in [-0.2, -0.15) is 5.26 Å². The molecule has 4 heteroatoms. The third-order valence-corrected chi connectivity index (χ3v) is 2.24. The lowest BCUT2D eigenvalue weighted by Gasteiger charge is -2.10. The van der Waals surface area contributed by atoms with Crippen molar-refractivity contribution in [2.75, 3.05) is 6.61 Å². The van der Waals surface area contributed by atoms with Gasteiger partial charge in [0.15, 0.2) is 0 Å². The number of rotatable bonds is 3. The Bertz CT molecular complexity index is 446. The fourth-order valence-corrected chi connectivity index (χ4v) is 1.54. The molecule has 1 rings (SSSR count). The van der Waals surface area contributed by atoms with Crippen LogP contribution in [0, 0.1) is 11.3 Å². The van der Waals surface area contributed by atoms with Crippen LogP contribution in [-0.2, 0) is 11.2 Å². The summed E-state index contributed by atoms with van der Waals surface area (Å²) < 4.78 is 4.84. The van der Waals surface area contributed by atoms with E-state index in [0.29, 0.717) is 17.5 Å². The number of hydrogen-bond donors (Lipinski definition) is 1. The molecule has 0 aliphatic heterocycles. The maximum absolute atomic E-state index is 11.6. The molecule has 0 heterocycles. The van der Waals surface area contributed by atoms with E-state index in [1.165, 1.54) is 12.1 Å². The second kappa shape index (κ2) is 5.17. The smallest absolute Gasteiger partial charge is 0.342 e. The molecule has 0 aromatic heterocycles. The molecule has 0 amide bonds. The summed E-state index contributed by atoms with van der Waals surface area (Å²) in [6, 6.07) is 4.83. The lowest BCUT2D eigenvalue weighted by Crippen LogP contribution is -2.09. The molecule has 0 spiro atoms. The number of benzene rings is 1. The number of esters is 1. The van der Waals surface area contributed by atoms with Gasteiger partial charge in [-0.1, -0.05) is 6.92 Å². The van der Waals surface area contributed by atoms with Gasteiger partial charge in [-0.05, 0) is 31.0 Å². The molecule has 0 atom stereocenters. The number of nitriles is 1. The van der Waals surface area contributed by atoms with Crippen molar-refractivity contribution in [3.63, 3.8) is 0 Å². The maximum Gasteiger partial charge on any atom is 0.342 e. The van der Waals surface area contributed by atoms with Crippen LogP contribution in [0.4, 0.5) is 0 Å². The summed E-state index contributed by atoms with van der Waals surface area (Å²) in [5.74, 6) is -0.733. The van der Waals surface area contributed by atoms with E-state index in [1.807, 2.05) is 13.0 Å². The first-order chi connectivity index (χ1) is 7.65. The number of phenolic OH excluding ortho intramolecular Hbond substituents is 1. The third-order valence-electron chi connectivity index (χ3n) is 2.24. The number of ether oxygens (including phenoxy) is 1. The Balaban J connectivity index is 3.35. The molecule has 1 N–H and O–H groups in total. The van der Waals surface area contributed by atoms with Crippen molar-refractivity contribution in [1.29, 1.82) is 5.26 Å². The summed E-state index contributed by atoms with van der Waals surface area (Å²) in [6.07, 6.45) is 0.492. The highest BCUT2D eigenvalue weighted by Crippen LogP contribution is 2.25. The van der Waals surface area contributed by atoms with Crippen LogP contribution < -0.4 is 0 Å². The molecule has 16 heavy (non-hydrogen) atoms. The fourth-order valence-electron chi connectivity index (χ4n) is 1.54. The number of phenols is 1. The molecule has 0 radical (unpaired) electrons. The Morgan fingerprint density at radius 2 is 2.19 bits per heavy atom. The molecule has 0 bridgehead atoms. The van der Waals surface area contributed by atoms with Crippen LogP contribution in [0.2, 0.25) is 0 Å². The first-order valence-electron chi connectivity index (χ1n) is 5.07. The normalized spacial score (nSPS) is 9.56. The second-order valence-electron chi connectivity index (χ2n) is 3.17. The van der Waals surface area contributed by atoms with Gasteiger partial charge in [0.25, 0.3) is 0 Å². The number of hydrogen-bond acceptors (Lipinski definition) is 4. The molecule has 0 saturated carbocycles. The number of nitrogens with zero attached hydrogens (tertiary/aromatic N) is 1. The zero-order valence-electron chi connectivity index (χ0n) is 9.28. The van der Waals surface area contributed by atoms with Crippen molar-refractivity contribution in [2.45, 2.75) is 20.3 Å². The first-order valence-corrected chi connectivity index (χ1v) is 5.07. The van der Waals surface area contributed by atoms with Gasteiger partial charge in [-0.15, -0.1) is 0 Å². The van der Waals surface area contributed by atoms with E-state index in [0.717, 1.165) is 0 Å². The minimum atomic E-state index is -0.589. The van der Waals surface area contributed by atoms with Crippen molar-refractivity contribution < 1.29 is 14.6 Å². The molecule has 0 aliphatic rings. The van der Waals surface area contributed by atoms with Gasteiger partial charge in [0.05, 0.1) is 18.2 Å². The average Bonchev–Trinajstić information content (AvgIpc) is 2.28. The largest absolute Gasteiger partial charge is 0.507 e. The summed E-state index contributed by atoms with van der Waals surface area (Å²) in [5.41, 5.74) is 1.02. The summed E-state index contributed by atoms with van der Waals surface area (Å²) in [7, 11) is 0. The van der Waals surface area contributed by atoms with Gasteiger partial charge in [0.2, 0.25) is 0 Å². The van der Waals surface area contributed by atoms with Crippen molar-refractivity contribution in [2.24, 2.45) is 0 Å². The van der Waals surface area contributed by atoms with Gasteiger partial charge in [-0.25, -0.2) is 4.79 Å². The average molecular weight is 219 g/mol. The molecule has 1 aromatic rings. The highest BCUT2D eigenvalue weighted by Gasteiger charge is 2.19. The van der Waals surface area contributed by atoms with Crippen molar-refractivity contribution in [1.82, 2.24) is 0 Å². The van der Waals surface area contributed by atoms with E-state index in [9.17, 15) is 9.90 Å². The second-order valence-corrected chi connectivity index (χ2v) is 3.17. The van der Waals surface area contributed by atoms with Crippen LogP contribution in [0.5, 0.6) is 5.75 Å². The Morgan fingerprint density at radius 1 is 1.50 bits per heavy atom. The topological polar surface area (TPSA) is 70.3 Å². The van der Waals surface area contributed by atoms with Gasteiger partial charge < -0.3 is 9.84 Å². The molecular weight excluding hydrogens is 206 g/mol. The zero-order chi connectivity index (χ0) is 12.1. The molecule has 4 nitrogen and oxygen atoms in total. The third kappa shape index (κ3) is 2.14. The summed E-state index contributed by atoms with van der Waals surface area (Å²) in [6.45, 7) is 3.74. The SMILES string of the molecule is CCOC(=O)c1c(O)ccc(C#N)c1CC. The number of carbonyl (C=O) groups is 1. The molecule has 0 unspecified atom stereocenters. The lowest BCUT2D eigenvalue weighted by atomic mass is 9.98. The summed E-state index contributed by atoms with van der Waals surface area (Å²) >= 11 is 0. The van der Waals surface area contributed by atoms with Crippen molar-refractivity contribution >= 4 is 5.97 Å². The molecule has 0 aliphatic carbocycles. The van der Waals surface area contributed by atoms with Crippen LogP contribution in [-0.4, -0.2) is 17.7 Å². The van der Waals surface area contributed by atoms with E-state index < -0.39 is 5.97 Å². The molecule has 0 fully saturated rings. The lowest BCUT2D eigenvalue weighted by molar-refractivity contribution is 0.0521. The monoisotopic (exact) mass is 219 g/mol. The Hall–Kier alpha value is -2.02. The van der Waals surface area contributed by atoms with E-state index >= 15 is 0 Å². The van der Waals surface area contributed by atoms with E-state index in [1.54, 1.807) is 6.92 Å². The Kier molecular flexibility index (Phi) is 3.90. The molecule has 1 aromatic carbocycles. The Morgan fingerprint density at radius 3 is 2.69 bits per heavy atom. The predicted octanol–water partition coefficient (Wildman–Crippen LogP) is 2.00. The van der Waals surface area contributed by atoms with E-state index in [-0.39, 0.29) is 17.9 Å². The van der Waals surface area contributed by atoms with Gasteiger partial charge in [0, 0.05) is 0 Å². The first kappa shape index (κ1) is 12.1. The minimum absolute atomic E-state index is 0.100. The summed E-state index contributed by atoms with van der Waals surface area (Å²) in [4.78, 5) is 11.6. The Labute approximate surface area is 94.1 Å². The predicted molar refractivity (Wildman–Crippen MR) is 58.2 cm³/mol. The van der Waals surface area contributed by atoms with Crippen LogP contribution in [0.25, 0.3) is 0 Å². The van der Waals surface area contributed by atoms with Crippen LogP contribution >= 0.6 is 0 Å². The molecule has 0 saturated heterocycles. The number of carbonyl (C=O) groups excluding carboxylic acids is 1. The standard InChI is InChI=1S/C12H13NO3/c1-3-9-8(7-13)5-6-10(14)11(9)12(15)16-4-2/h5-6,14H,3-4H2,1-2H3. The highest BCUT2D eigenvalue weighted by atomic mass is 16.5. The molecule has 84 valence electrons.